The molecule has 16 heavy (non-hydrogen) atoms. The third-order valence-electron chi connectivity index (χ3n) is 3.38. The van der Waals surface area contributed by atoms with Crippen LogP contribution in [-0.4, -0.2) is 12.0 Å². The molecule has 1 aromatic rings. The first-order valence-electron chi connectivity index (χ1n) is 5.54. The standard InChI is InChI=1S/C12H15N3.ClH/c13-11-9-6-1-2-7-10(9)14-12(15-11)8-4-3-5-8;/h1-2,6-8,12,14H,3-5H2,(H2,13,15);1H. The smallest absolute Gasteiger partial charge is 0.130 e. The summed E-state index contributed by atoms with van der Waals surface area (Å²) in [7, 11) is 0. The van der Waals surface area contributed by atoms with Gasteiger partial charge in [-0.25, -0.2) is 4.99 Å². The number of nitrogens with two attached hydrogens (primary N) is 1. The Labute approximate surface area is 102 Å². The second kappa shape index (κ2) is 4.34. The summed E-state index contributed by atoms with van der Waals surface area (Å²) in [5, 5.41) is 3.46. The maximum atomic E-state index is 5.96. The van der Waals surface area contributed by atoms with Crippen LogP contribution in [0.3, 0.4) is 0 Å². The van der Waals surface area contributed by atoms with Crippen LogP contribution in [0.1, 0.15) is 24.8 Å². The van der Waals surface area contributed by atoms with E-state index in [1.54, 1.807) is 0 Å². The molecule has 0 spiro atoms. The summed E-state index contributed by atoms with van der Waals surface area (Å²) in [6, 6.07) is 8.11. The monoisotopic (exact) mass is 237 g/mol. The topological polar surface area (TPSA) is 50.4 Å². The number of para-hydroxylation sites is 1. The van der Waals surface area contributed by atoms with Crippen LogP contribution in [-0.2, 0) is 0 Å². The average Bonchev–Trinajstić information content (AvgIpc) is 2.15. The van der Waals surface area contributed by atoms with E-state index in [0.29, 0.717) is 11.8 Å². The van der Waals surface area contributed by atoms with Gasteiger partial charge in [0.2, 0.25) is 0 Å². The Morgan fingerprint density at radius 1 is 1.25 bits per heavy atom. The second-order valence-corrected chi connectivity index (χ2v) is 4.34. The fourth-order valence-corrected chi connectivity index (χ4v) is 2.22. The number of nitrogens with zero attached hydrogens (tertiary/aromatic N) is 1. The predicted molar refractivity (Wildman–Crippen MR) is 69.2 cm³/mol. The highest BCUT2D eigenvalue weighted by molar-refractivity contribution is 6.03. The first-order valence-corrected chi connectivity index (χ1v) is 5.54. The van der Waals surface area contributed by atoms with Crippen molar-refractivity contribution in [2.45, 2.75) is 25.4 Å². The molecule has 1 aromatic carbocycles. The molecule has 1 atom stereocenters. The van der Waals surface area contributed by atoms with Gasteiger partial charge in [0.05, 0.1) is 0 Å². The van der Waals surface area contributed by atoms with Gasteiger partial charge in [-0.2, -0.15) is 0 Å². The molecule has 2 aliphatic rings. The summed E-state index contributed by atoms with van der Waals surface area (Å²) < 4.78 is 0. The van der Waals surface area contributed by atoms with Crippen molar-refractivity contribution in [2.75, 3.05) is 5.32 Å². The molecule has 3 N–H and O–H groups in total. The van der Waals surface area contributed by atoms with E-state index in [1.165, 1.54) is 19.3 Å². The minimum atomic E-state index is 0. The minimum Gasteiger partial charge on any atom is -0.383 e. The molecule has 1 heterocycles. The van der Waals surface area contributed by atoms with E-state index < -0.39 is 0 Å². The van der Waals surface area contributed by atoms with Gasteiger partial charge in [-0.3, -0.25) is 0 Å². The largest absolute Gasteiger partial charge is 0.383 e. The van der Waals surface area contributed by atoms with Crippen LogP contribution in [0.15, 0.2) is 29.3 Å². The highest BCUT2D eigenvalue weighted by atomic mass is 35.5. The molecule has 0 amide bonds. The molecule has 86 valence electrons. The van der Waals surface area contributed by atoms with Crippen molar-refractivity contribution in [3.05, 3.63) is 29.8 Å². The minimum absolute atomic E-state index is 0. The van der Waals surface area contributed by atoms with Crippen molar-refractivity contribution in [1.29, 1.82) is 0 Å². The van der Waals surface area contributed by atoms with Crippen LogP contribution >= 0.6 is 12.4 Å². The molecule has 0 radical (unpaired) electrons. The normalized spacial score (nSPS) is 23.2. The third-order valence-corrected chi connectivity index (χ3v) is 3.38. The Bertz CT molecular complexity index is 412. The number of hydrogen-bond donors (Lipinski definition) is 2. The van der Waals surface area contributed by atoms with E-state index in [0.717, 1.165) is 11.3 Å². The molecule has 3 nitrogen and oxygen atoms in total. The summed E-state index contributed by atoms with van der Waals surface area (Å²) in [5.41, 5.74) is 8.13. The molecule has 0 saturated heterocycles. The van der Waals surface area contributed by atoms with Crippen LogP contribution in [0.5, 0.6) is 0 Å². The number of rotatable bonds is 1. The Morgan fingerprint density at radius 2 is 2.00 bits per heavy atom. The highest BCUT2D eigenvalue weighted by Gasteiger charge is 2.29. The Balaban J connectivity index is 0.000000963. The lowest BCUT2D eigenvalue weighted by molar-refractivity contribution is 0.278. The summed E-state index contributed by atoms with van der Waals surface area (Å²) in [6.45, 7) is 0. The van der Waals surface area contributed by atoms with Crippen molar-refractivity contribution in [2.24, 2.45) is 16.6 Å². The Hall–Kier alpha value is -1.22. The lowest BCUT2D eigenvalue weighted by atomic mass is 9.82. The Kier molecular flexibility index (Phi) is 3.06. The summed E-state index contributed by atoms with van der Waals surface area (Å²) in [6.07, 6.45) is 4.08. The fraction of sp³-hybridized carbons (Fsp3) is 0.417. The maximum Gasteiger partial charge on any atom is 0.130 e. The number of amidine groups is 1. The zero-order chi connectivity index (χ0) is 10.3. The number of aliphatic imine (C=N–C) groups is 1. The number of anilines is 1. The van der Waals surface area contributed by atoms with Gasteiger partial charge in [0.15, 0.2) is 0 Å². The second-order valence-electron chi connectivity index (χ2n) is 4.34. The van der Waals surface area contributed by atoms with E-state index in [9.17, 15) is 0 Å². The number of benzene rings is 1. The number of fused-ring (bicyclic) bond motifs is 1. The number of hydrogen-bond acceptors (Lipinski definition) is 3. The number of halogens is 1. The van der Waals surface area contributed by atoms with Crippen molar-refractivity contribution in [3.63, 3.8) is 0 Å². The molecular formula is C12H16ClN3. The lowest BCUT2D eigenvalue weighted by Gasteiger charge is -2.35. The van der Waals surface area contributed by atoms with Gasteiger partial charge >= 0.3 is 0 Å². The molecule has 1 aliphatic heterocycles. The average molecular weight is 238 g/mol. The molecule has 3 rings (SSSR count). The maximum absolute atomic E-state index is 5.96. The molecule has 4 heteroatoms. The molecular weight excluding hydrogens is 222 g/mol. The van der Waals surface area contributed by atoms with Crippen molar-refractivity contribution in [1.82, 2.24) is 0 Å². The fourth-order valence-electron chi connectivity index (χ4n) is 2.22. The van der Waals surface area contributed by atoms with E-state index in [4.69, 9.17) is 5.73 Å². The van der Waals surface area contributed by atoms with Gasteiger partial charge in [0, 0.05) is 11.3 Å². The van der Waals surface area contributed by atoms with Gasteiger partial charge in [-0.1, -0.05) is 18.6 Å². The van der Waals surface area contributed by atoms with E-state index in [2.05, 4.69) is 16.4 Å². The molecule has 1 aliphatic carbocycles. The number of nitrogens with one attached hydrogen (secondary N) is 1. The van der Waals surface area contributed by atoms with E-state index in [1.807, 2.05) is 18.2 Å². The van der Waals surface area contributed by atoms with Crippen molar-refractivity contribution in [3.8, 4) is 0 Å². The highest BCUT2D eigenvalue weighted by Crippen LogP contribution is 2.34. The van der Waals surface area contributed by atoms with Crippen molar-refractivity contribution < 1.29 is 0 Å². The first-order chi connectivity index (χ1) is 7.34. The van der Waals surface area contributed by atoms with Gasteiger partial charge < -0.3 is 11.1 Å². The van der Waals surface area contributed by atoms with Crippen LogP contribution in [0, 0.1) is 5.92 Å². The third kappa shape index (κ3) is 1.76. The molecule has 1 unspecified atom stereocenters. The Morgan fingerprint density at radius 3 is 2.69 bits per heavy atom. The molecule has 0 bridgehead atoms. The zero-order valence-electron chi connectivity index (χ0n) is 9.02. The molecule has 0 aromatic heterocycles. The molecule has 1 saturated carbocycles. The zero-order valence-corrected chi connectivity index (χ0v) is 9.83. The first kappa shape index (κ1) is 11.3. The van der Waals surface area contributed by atoms with Crippen LogP contribution in [0.25, 0.3) is 0 Å². The SMILES string of the molecule is Cl.NC1=NC(C2CCC2)Nc2ccccc21. The lowest BCUT2D eigenvalue weighted by Crippen LogP contribution is -2.37. The van der Waals surface area contributed by atoms with Crippen LogP contribution in [0.2, 0.25) is 0 Å². The van der Waals surface area contributed by atoms with Gasteiger partial charge in [0.25, 0.3) is 0 Å². The van der Waals surface area contributed by atoms with E-state index in [-0.39, 0.29) is 18.6 Å². The van der Waals surface area contributed by atoms with Crippen LogP contribution < -0.4 is 11.1 Å². The predicted octanol–water partition coefficient (Wildman–Crippen LogP) is 2.37. The van der Waals surface area contributed by atoms with Crippen LogP contribution in [0.4, 0.5) is 5.69 Å². The quantitative estimate of drug-likeness (QED) is 0.788. The van der Waals surface area contributed by atoms with Crippen molar-refractivity contribution >= 4 is 23.9 Å². The summed E-state index contributed by atoms with van der Waals surface area (Å²) in [5.74, 6) is 1.36. The van der Waals surface area contributed by atoms with E-state index >= 15 is 0 Å². The van der Waals surface area contributed by atoms with Gasteiger partial charge in [-0.15, -0.1) is 12.4 Å². The molecule has 1 fully saturated rings. The summed E-state index contributed by atoms with van der Waals surface area (Å²) in [4.78, 5) is 4.53. The summed E-state index contributed by atoms with van der Waals surface area (Å²) >= 11 is 0. The van der Waals surface area contributed by atoms with Gasteiger partial charge in [-0.05, 0) is 30.9 Å². The van der Waals surface area contributed by atoms with Gasteiger partial charge in [0.1, 0.15) is 12.0 Å².